The quantitative estimate of drug-likeness (QED) is 0.556. The summed E-state index contributed by atoms with van der Waals surface area (Å²) < 4.78 is 7.55. The molecule has 1 heterocycles. The van der Waals surface area contributed by atoms with Crippen LogP contribution in [0.2, 0.25) is 0 Å². The highest BCUT2D eigenvalue weighted by atomic mass is 16.5. The van der Waals surface area contributed by atoms with Gasteiger partial charge in [-0.15, -0.1) is 0 Å². The lowest BCUT2D eigenvalue weighted by Crippen LogP contribution is -2.30. The summed E-state index contributed by atoms with van der Waals surface area (Å²) in [7, 11) is 2.56. The number of rotatable bonds is 8. The van der Waals surface area contributed by atoms with Gasteiger partial charge in [-0.2, -0.15) is 5.10 Å². The molecule has 0 bridgehead atoms. The van der Waals surface area contributed by atoms with Crippen molar-refractivity contribution in [3.63, 3.8) is 0 Å². The lowest BCUT2D eigenvalue weighted by molar-refractivity contribution is 0.261. The zero-order valence-electron chi connectivity index (χ0n) is 19.2. The molecular formula is C23H36BN3O3. The highest BCUT2D eigenvalue weighted by Crippen LogP contribution is 2.14. The summed E-state index contributed by atoms with van der Waals surface area (Å²) in [4.78, 5) is 2.09. The van der Waals surface area contributed by atoms with E-state index in [1.165, 1.54) is 5.56 Å². The predicted molar refractivity (Wildman–Crippen MR) is 126 cm³/mol. The van der Waals surface area contributed by atoms with Crippen molar-refractivity contribution < 1.29 is 14.8 Å². The fourth-order valence-electron chi connectivity index (χ4n) is 2.80. The van der Waals surface area contributed by atoms with Crippen LogP contribution in [0.25, 0.3) is 10.9 Å². The van der Waals surface area contributed by atoms with Crippen molar-refractivity contribution in [2.24, 2.45) is 0 Å². The van der Waals surface area contributed by atoms with E-state index < -0.39 is 7.12 Å². The Kier molecular flexibility index (Phi) is 11.8. The van der Waals surface area contributed by atoms with Crippen LogP contribution in [0, 0.1) is 0 Å². The molecule has 0 spiro atoms. The number of fused-ring (bicyclic) bond motifs is 1. The summed E-state index contributed by atoms with van der Waals surface area (Å²) >= 11 is 0. The summed E-state index contributed by atoms with van der Waals surface area (Å²) in [5.41, 5.74) is 2.44. The molecule has 0 aliphatic rings. The van der Waals surface area contributed by atoms with E-state index in [1.54, 1.807) is 12.1 Å². The summed E-state index contributed by atoms with van der Waals surface area (Å²) in [6.07, 6.45) is 2.70. The number of aromatic nitrogens is 2. The molecule has 0 amide bonds. The number of likely N-dealkylation sites (N-methyl/N-ethyl adjacent to an activating group) is 1. The maximum Gasteiger partial charge on any atom is 0.489 e. The first-order valence-electron chi connectivity index (χ1n) is 10.7. The molecule has 0 saturated heterocycles. The Morgan fingerprint density at radius 3 is 2.27 bits per heavy atom. The van der Waals surface area contributed by atoms with Crippen LogP contribution in [0.15, 0.2) is 48.7 Å². The number of hydrogen-bond donors (Lipinski definition) is 2. The van der Waals surface area contributed by atoms with E-state index in [9.17, 15) is 10.0 Å². The van der Waals surface area contributed by atoms with Gasteiger partial charge in [-0.1, -0.05) is 52.0 Å². The van der Waals surface area contributed by atoms with Crippen molar-refractivity contribution in [2.45, 2.75) is 40.7 Å². The Bertz CT molecular complexity index is 849. The topological polar surface area (TPSA) is 70.8 Å². The van der Waals surface area contributed by atoms with Gasteiger partial charge >= 0.3 is 7.12 Å². The van der Waals surface area contributed by atoms with Gasteiger partial charge in [0, 0.05) is 24.7 Å². The van der Waals surface area contributed by atoms with E-state index >= 15 is 0 Å². The Morgan fingerprint density at radius 2 is 1.67 bits per heavy atom. The zero-order chi connectivity index (χ0) is 22.5. The van der Waals surface area contributed by atoms with Crippen molar-refractivity contribution >= 4 is 23.5 Å². The fraction of sp³-hybridized carbons (Fsp3) is 0.435. The summed E-state index contributed by atoms with van der Waals surface area (Å²) in [6.45, 7) is 10.3. The third-order valence-corrected chi connectivity index (χ3v) is 4.27. The summed E-state index contributed by atoms with van der Waals surface area (Å²) in [6, 6.07) is 13.5. The van der Waals surface area contributed by atoms with Gasteiger partial charge in [-0.25, -0.2) is 0 Å². The summed E-state index contributed by atoms with van der Waals surface area (Å²) in [5.74, 6) is 0.877. The number of benzene rings is 2. The second-order valence-corrected chi connectivity index (χ2v) is 6.59. The minimum atomic E-state index is -1.49. The van der Waals surface area contributed by atoms with Crippen LogP contribution in [0.5, 0.6) is 5.75 Å². The van der Waals surface area contributed by atoms with E-state index in [2.05, 4.69) is 22.1 Å². The van der Waals surface area contributed by atoms with Gasteiger partial charge in [-0.05, 0) is 49.7 Å². The molecule has 0 aliphatic carbocycles. The van der Waals surface area contributed by atoms with Crippen LogP contribution >= 0.6 is 0 Å². The lowest BCUT2D eigenvalue weighted by atomic mass is 9.78. The van der Waals surface area contributed by atoms with Crippen molar-refractivity contribution in [1.29, 1.82) is 0 Å². The molecule has 0 atom stereocenters. The van der Waals surface area contributed by atoms with Crippen molar-refractivity contribution in [2.75, 3.05) is 27.2 Å². The maximum atomic E-state index is 9.46. The minimum Gasteiger partial charge on any atom is -0.492 e. The number of aryl methyl sites for hydroxylation is 2. The second kappa shape index (κ2) is 13.8. The minimum absolute atomic E-state index is 0.480. The monoisotopic (exact) mass is 413 g/mol. The Balaban J connectivity index is 0.00000106. The van der Waals surface area contributed by atoms with Crippen LogP contribution < -0.4 is 10.2 Å². The van der Waals surface area contributed by atoms with Gasteiger partial charge in [0.25, 0.3) is 0 Å². The fourth-order valence-corrected chi connectivity index (χ4v) is 2.80. The first kappa shape index (κ1) is 25.7. The van der Waals surface area contributed by atoms with Crippen molar-refractivity contribution in [3.8, 4) is 5.75 Å². The number of ether oxygens (including phenoxy) is 1. The molecule has 3 rings (SSSR count). The van der Waals surface area contributed by atoms with Gasteiger partial charge < -0.3 is 19.7 Å². The molecule has 6 nitrogen and oxygen atoms in total. The third-order valence-electron chi connectivity index (χ3n) is 4.27. The molecule has 0 saturated carbocycles. The van der Waals surface area contributed by atoms with Crippen LogP contribution in [-0.4, -0.2) is 59.1 Å². The van der Waals surface area contributed by atoms with Gasteiger partial charge in [-0.3, -0.25) is 4.68 Å². The zero-order valence-corrected chi connectivity index (χ0v) is 19.2. The van der Waals surface area contributed by atoms with Crippen LogP contribution in [0.4, 0.5) is 0 Å². The van der Waals surface area contributed by atoms with Crippen LogP contribution in [-0.2, 0) is 13.0 Å². The Hall–Kier alpha value is -2.35. The molecule has 0 radical (unpaired) electrons. The largest absolute Gasteiger partial charge is 0.492 e. The highest BCUT2D eigenvalue weighted by molar-refractivity contribution is 6.61. The molecule has 0 aliphatic heterocycles. The highest BCUT2D eigenvalue weighted by Gasteiger charge is 2.16. The third kappa shape index (κ3) is 7.82. The second-order valence-electron chi connectivity index (χ2n) is 6.59. The molecule has 0 fully saturated rings. The van der Waals surface area contributed by atoms with Crippen LogP contribution in [0.1, 0.15) is 33.3 Å². The van der Waals surface area contributed by atoms with Gasteiger partial charge in [0.05, 0.1) is 5.52 Å². The molecule has 1 aromatic heterocycles. The lowest BCUT2D eigenvalue weighted by Gasteiger charge is -2.11. The van der Waals surface area contributed by atoms with E-state index in [0.717, 1.165) is 36.2 Å². The number of nitrogens with zero attached hydrogens (tertiary/aromatic N) is 3. The van der Waals surface area contributed by atoms with E-state index in [-0.39, 0.29) is 0 Å². The maximum absolute atomic E-state index is 9.46. The number of hydrogen-bond acceptors (Lipinski definition) is 5. The molecule has 164 valence electrons. The standard InChI is InChI=1S/C19H24BN3O3.2C2H6/c1-22(2)12-13-26-16-8-6-15(7-9-16)10-11-23-14-17-18(20(24)25)4-3-5-19(17)21-23;2*1-2/h3-9,14,24-25H,10-13H2,1-2H3;2*1-2H3. The van der Waals surface area contributed by atoms with Gasteiger partial charge in [0.1, 0.15) is 12.4 Å². The Morgan fingerprint density at radius 1 is 1.00 bits per heavy atom. The van der Waals surface area contributed by atoms with E-state index in [4.69, 9.17) is 4.74 Å². The first-order valence-corrected chi connectivity index (χ1v) is 10.7. The average Bonchev–Trinajstić information content (AvgIpc) is 3.19. The molecule has 3 aromatic rings. The van der Waals surface area contributed by atoms with E-state index in [1.807, 2.05) is 70.9 Å². The predicted octanol–water partition coefficient (Wildman–Crippen LogP) is 2.95. The Labute approximate surface area is 181 Å². The SMILES string of the molecule is CC.CC.CN(C)CCOc1ccc(CCn2cc3c(B(O)O)cccc3n2)cc1. The first-order chi connectivity index (χ1) is 14.5. The molecule has 2 N–H and O–H groups in total. The smallest absolute Gasteiger partial charge is 0.489 e. The normalized spacial score (nSPS) is 10.2. The van der Waals surface area contributed by atoms with Crippen molar-refractivity contribution in [1.82, 2.24) is 14.7 Å². The van der Waals surface area contributed by atoms with Crippen LogP contribution in [0.3, 0.4) is 0 Å². The van der Waals surface area contributed by atoms with Gasteiger partial charge in [0.15, 0.2) is 0 Å². The molecular weight excluding hydrogens is 377 g/mol. The molecule has 2 aromatic carbocycles. The van der Waals surface area contributed by atoms with E-state index in [0.29, 0.717) is 12.1 Å². The molecule has 30 heavy (non-hydrogen) atoms. The average molecular weight is 413 g/mol. The molecule has 7 heteroatoms. The van der Waals surface area contributed by atoms with Crippen molar-refractivity contribution in [3.05, 3.63) is 54.2 Å². The summed E-state index contributed by atoms with van der Waals surface area (Å²) in [5, 5.41) is 24.2. The molecule has 0 unspecified atom stereocenters. The van der Waals surface area contributed by atoms with Gasteiger partial charge in [0.2, 0.25) is 0 Å².